The maximum absolute atomic E-state index is 5.94. The van der Waals surface area contributed by atoms with Crippen molar-refractivity contribution in [1.82, 2.24) is 15.8 Å². The van der Waals surface area contributed by atoms with Crippen LogP contribution in [0, 0.1) is 5.41 Å². The van der Waals surface area contributed by atoms with Gasteiger partial charge in [-0.3, -0.25) is 0 Å². The molecule has 2 N–H and O–H groups in total. The summed E-state index contributed by atoms with van der Waals surface area (Å²) in [6.07, 6.45) is 5.16. The topological polar surface area (TPSA) is 71.7 Å². The molecule has 0 amide bonds. The second-order valence-corrected chi connectivity index (χ2v) is 6.00. The average molecular weight is 322 g/mol. The first-order chi connectivity index (χ1) is 11.2. The summed E-state index contributed by atoms with van der Waals surface area (Å²) in [5, 5.41) is 10.8. The number of aliphatic imine (C=N–C) groups is 1. The monoisotopic (exact) mass is 322 g/mol. The molecule has 0 saturated heterocycles. The quantitative estimate of drug-likeness (QED) is 0.569. The Morgan fingerprint density at radius 2 is 2.17 bits per heavy atom. The number of aromatic nitrogens is 1. The van der Waals surface area contributed by atoms with Crippen molar-refractivity contribution in [2.75, 3.05) is 13.2 Å². The van der Waals surface area contributed by atoms with Gasteiger partial charge in [-0.15, -0.1) is 0 Å². The van der Waals surface area contributed by atoms with Crippen LogP contribution in [0.4, 0.5) is 0 Å². The lowest BCUT2D eigenvalue weighted by atomic mass is 9.58. The summed E-state index contributed by atoms with van der Waals surface area (Å²) in [7, 11) is 0. The molecule has 0 spiro atoms. The predicted molar refractivity (Wildman–Crippen MR) is 91.3 cm³/mol. The molecule has 130 valence electrons. The van der Waals surface area contributed by atoms with Gasteiger partial charge in [-0.2, -0.15) is 0 Å². The highest BCUT2D eigenvalue weighted by molar-refractivity contribution is 5.80. The third-order valence-corrected chi connectivity index (χ3v) is 5.01. The van der Waals surface area contributed by atoms with Crippen molar-refractivity contribution in [3.05, 3.63) is 18.0 Å². The second-order valence-electron chi connectivity index (χ2n) is 6.00. The molecule has 1 aromatic rings. The van der Waals surface area contributed by atoms with E-state index in [-0.39, 0.29) is 5.41 Å². The van der Waals surface area contributed by atoms with Crippen LogP contribution in [0.2, 0.25) is 0 Å². The molecule has 1 aliphatic carbocycles. The fourth-order valence-corrected chi connectivity index (χ4v) is 3.55. The molecule has 2 rings (SSSR count). The van der Waals surface area contributed by atoms with Crippen LogP contribution in [-0.4, -0.2) is 36.4 Å². The smallest absolute Gasteiger partial charge is 0.191 e. The van der Waals surface area contributed by atoms with Crippen molar-refractivity contribution in [3.63, 3.8) is 0 Å². The van der Waals surface area contributed by atoms with Crippen molar-refractivity contribution in [3.8, 4) is 0 Å². The van der Waals surface area contributed by atoms with Crippen molar-refractivity contribution < 1.29 is 9.26 Å². The Kier molecular flexibility index (Phi) is 6.45. The largest absolute Gasteiger partial charge is 0.378 e. The van der Waals surface area contributed by atoms with Gasteiger partial charge in [0.1, 0.15) is 12.0 Å². The number of nitrogens with one attached hydrogen (secondary N) is 2. The number of ether oxygens (including phenoxy) is 1. The summed E-state index contributed by atoms with van der Waals surface area (Å²) < 4.78 is 10.8. The molecule has 2 atom stereocenters. The fraction of sp³-hybridized carbons (Fsp3) is 0.765. The SMILES string of the molecule is CCNC(=NCc1ccon1)NC1CC(OCC)C1(CC)CC. The lowest BCUT2D eigenvalue weighted by Gasteiger charge is -2.55. The molecule has 6 nitrogen and oxygen atoms in total. The Balaban J connectivity index is 2.02. The number of hydrogen-bond donors (Lipinski definition) is 2. The summed E-state index contributed by atoms with van der Waals surface area (Å²) in [5.41, 5.74) is 1.03. The molecule has 0 aliphatic heterocycles. The number of nitrogens with zero attached hydrogens (tertiary/aromatic N) is 2. The minimum Gasteiger partial charge on any atom is -0.378 e. The molecule has 0 aromatic carbocycles. The standard InChI is InChI=1S/C17H30N4O2/c1-5-17(6-2)14(11-15(17)22-8-4)20-16(18-7-3)19-12-13-9-10-23-21-13/h9-10,14-15H,5-8,11-12H2,1-4H3,(H2,18,19,20). The van der Waals surface area contributed by atoms with Crippen LogP contribution in [0.15, 0.2) is 21.8 Å². The molecule has 6 heteroatoms. The van der Waals surface area contributed by atoms with E-state index in [2.05, 4.69) is 48.5 Å². The van der Waals surface area contributed by atoms with Gasteiger partial charge in [0, 0.05) is 30.7 Å². The highest BCUT2D eigenvalue weighted by Gasteiger charge is 2.53. The van der Waals surface area contributed by atoms with Crippen LogP contribution in [-0.2, 0) is 11.3 Å². The van der Waals surface area contributed by atoms with Gasteiger partial charge in [0.25, 0.3) is 0 Å². The molecule has 1 aromatic heterocycles. The first-order valence-electron chi connectivity index (χ1n) is 8.75. The van der Waals surface area contributed by atoms with Gasteiger partial charge in [-0.1, -0.05) is 19.0 Å². The molecule has 0 radical (unpaired) electrons. The normalized spacial score (nSPS) is 23.4. The fourth-order valence-electron chi connectivity index (χ4n) is 3.55. The zero-order valence-electron chi connectivity index (χ0n) is 14.8. The minimum absolute atomic E-state index is 0.195. The highest BCUT2D eigenvalue weighted by atomic mass is 16.5. The molecular weight excluding hydrogens is 292 g/mol. The van der Waals surface area contributed by atoms with E-state index in [4.69, 9.17) is 9.26 Å². The second kappa shape index (κ2) is 8.34. The maximum Gasteiger partial charge on any atom is 0.191 e. The van der Waals surface area contributed by atoms with E-state index >= 15 is 0 Å². The van der Waals surface area contributed by atoms with Crippen LogP contribution in [0.1, 0.15) is 52.7 Å². The van der Waals surface area contributed by atoms with Gasteiger partial charge in [-0.05, 0) is 33.1 Å². The van der Waals surface area contributed by atoms with Gasteiger partial charge >= 0.3 is 0 Å². The van der Waals surface area contributed by atoms with E-state index in [9.17, 15) is 0 Å². The van der Waals surface area contributed by atoms with Crippen LogP contribution in [0.5, 0.6) is 0 Å². The van der Waals surface area contributed by atoms with E-state index in [1.54, 1.807) is 6.26 Å². The minimum atomic E-state index is 0.195. The molecular formula is C17H30N4O2. The molecule has 23 heavy (non-hydrogen) atoms. The summed E-state index contributed by atoms with van der Waals surface area (Å²) >= 11 is 0. The van der Waals surface area contributed by atoms with Crippen LogP contribution in [0.3, 0.4) is 0 Å². The van der Waals surface area contributed by atoms with Crippen molar-refractivity contribution in [1.29, 1.82) is 0 Å². The number of rotatable bonds is 8. The Morgan fingerprint density at radius 1 is 1.39 bits per heavy atom. The summed E-state index contributed by atoms with van der Waals surface area (Å²) in [6, 6.07) is 2.23. The maximum atomic E-state index is 5.94. The average Bonchev–Trinajstić information content (AvgIpc) is 3.06. The first kappa shape index (κ1) is 17.8. The summed E-state index contributed by atoms with van der Waals surface area (Å²) in [6.45, 7) is 10.8. The molecule has 1 saturated carbocycles. The lowest BCUT2D eigenvalue weighted by molar-refractivity contribution is -0.133. The number of hydrogen-bond acceptors (Lipinski definition) is 4. The van der Waals surface area contributed by atoms with Gasteiger partial charge < -0.3 is 19.9 Å². The van der Waals surface area contributed by atoms with E-state index in [0.717, 1.165) is 44.1 Å². The summed E-state index contributed by atoms with van der Waals surface area (Å²) in [4.78, 5) is 4.61. The van der Waals surface area contributed by atoms with Crippen molar-refractivity contribution in [2.24, 2.45) is 10.4 Å². The van der Waals surface area contributed by atoms with Gasteiger partial charge in [-0.25, -0.2) is 4.99 Å². The Bertz CT molecular complexity index is 483. The van der Waals surface area contributed by atoms with Crippen molar-refractivity contribution in [2.45, 2.75) is 65.6 Å². The zero-order valence-corrected chi connectivity index (χ0v) is 14.8. The van der Waals surface area contributed by atoms with Crippen LogP contribution >= 0.6 is 0 Å². The van der Waals surface area contributed by atoms with E-state index < -0.39 is 0 Å². The molecule has 2 unspecified atom stereocenters. The Morgan fingerprint density at radius 3 is 2.74 bits per heavy atom. The third-order valence-electron chi connectivity index (χ3n) is 5.01. The predicted octanol–water partition coefficient (Wildman–Crippen LogP) is 2.71. The number of guanidine groups is 1. The van der Waals surface area contributed by atoms with E-state index in [1.165, 1.54) is 0 Å². The Hall–Kier alpha value is -1.56. The molecule has 0 bridgehead atoms. The van der Waals surface area contributed by atoms with Crippen LogP contribution < -0.4 is 10.6 Å². The van der Waals surface area contributed by atoms with Gasteiger partial charge in [0.2, 0.25) is 0 Å². The third kappa shape index (κ3) is 3.86. The molecule has 1 fully saturated rings. The van der Waals surface area contributed by atoms with Gasteiger partial charge in [0.15, 0.2) is 5.96 Å². The zero-order chi connectivity index (χ0) is 16.7. The van der Waals surface area contributed by atoms with E-state index in [0.29, 0.717) is 18.7 Å². The van der Waals surface area contributed by atoms with E-state index in [1.807, 2.05) is 6.07 Å². The van der Waals surface area contributed by atoms with Crippen molar-refractivity contribution >= 4 is 5.96 Å². The Labute approximate surface area is 139 Å². The molecule has 1 heterocycles. The summed E-state index contributed by atoms with van der Waals surface area (Å²) in [5.74, 6) is 0.835. The first-order valence-corrected chi connectivity index (χ1v) is 8.75. The molecule has 1 aliphatic rings. The lowest BCUT2D eigenvalue weighted by Crippen LogP contribution is -2.65. The van der Waals surface area contributed by atoms with Crippen LogP contribution in [0.25, 0.3) is 0 Å². The van der Waals surface area contributed by atoms with Gasteiger partial charge in [0.05, 0.1) is 12.6 Å². The highest BCUT2D eigenvalue weighted by Crippen LogP contribution is 2.48.